The fourth-order valence-corrected chi connectivity index (χ4v) is 18.7. The molecule has 3 aliphatic heterocycles. The van der Waals surface area contributed by atoms with Crippen LogP contribution in [0.15, 0.2) is 85.6 Å². The van der Waals surface area contributed by atoms with Crippen LogP contribution in [0.4, 0.5) is 19.8 Å². The van der Waals surface area contributed by atoms with Gasteiger partial charge in [0, 0.05) is 91.1 Å². The van der Waals surface area contributed by atoms with Crippen molar-refractivity contribution in [1.82, 2.24) is 79.8 Å². The molecule has 0 saturated carbocycles. The van der Waals surface area contributed by atoms with E-state index in [4.69, 9.17) is 15.1 Å². The molecule has 3 fully saturated rings. The van der Waals surface area contributed by atoms with Crippen LogP contribution in [0.3, 0.4) is 0 Å². The summed E-state index contributed by atoms with van der Waals surface area (Å²) < 4.78 is 23.6. The first-order chi connectivity index (χ1) is 45.5. The molecule has 3 aliphatic rings. The van der Waals surface area contributed by atoms with Crippen molar-refractivity contribution in [2.24, 2.45) is 7.05 Å². The number of fused-ring (bicyclic) bond motifs is 6. The third kappa shape index (κ3) is 14.3. The van der Waals surface area contributed by atoms with Gasteiger partial charge in [-0.1, -0.05) is 34.0 Å². The third-order valence-corrected chi connectivity index (χ3v) is 22.2. The highest BCUT2D eigenvalue weighted by molar-refractivity contribution is 7.23. The first kappa shape index (κ1) is 67.4. The van der Waals surface area contributed by atoms with E-state index in [9.17, 15) is 5.26 Å². The second-order valence-corrected chi connectivity index (χ2v) is 34.2. The standard InChI is InChI=1S/C26H29FN6S.C24H31N7S.C23H29N7S/c1-25(2)11-19(12-26(3,4)31-25)33(6)24-29-23-20(27)9-16(10-21(23)34-24)15-7-17(13-28)22-18(8-15)14-32(5)30-22;1-14-8-18(28-31-13-15(2)26-21(14)31)17-9-20-19(12-25-17)27-22(32-20)30(7)16-10-23(3,4)29-24(5,6)11-16;1-14-13-30-20(25-14)8-7-16(27-30)17-9-19-18(12-24-17)26-21(31-19)29(6)15-10-22(2,3)28-23(4,5)11-15/h7-10,14,19,31H,11-12H2,1-6H3;8-9,12-13,16,29H,10-11H2,1-7H3;7-9,12-13,15,28H,10-11H2,1-6H3. The van der Waals surface area contributed by atoms with E-state index in [0.717, 1.165) is 147 Å². The smallest absolute Gasteiger partial charge is 0.186 e. The molecule has 3 saturated heterocycles. The van der Waals surface area contributed by atoms with E-state index in [0.29, 0.717) is 34.7 Å². The Morgan fingerprint density at radius 3 is 1.49 bits per heavy atom. The van der Waals surface area contributed by atoms with Gasteiger partial charge in [0.2, 0.25) is 0 Å². The summed E-state index contributed by atoms with van der Waals surface area (Å²) in [5, 5.41) is 38.4. The average molecular weight is 1360 g/mol. The molecule has 0 unspecified atom stereocenters. The first-order valence-electron chi connectivity index (χ1n) is 33.3. The van der Waals surface area contributed by atoms with Crippen LogP contribution in [-0.2, 0) is 7.05 Å². The van der Waals surface area contributed by atoms with E-state index in [1.807, 2.05) is 85.2 Å². The van der Waals surface area contributed by atoms with Crippen LogP contribution in [-0.4, -0.2) is 136 Å². The molecular formula is C73H89FN20S3. The fraction of sp³-hybridized carbons (Fsp3) is 0.466. The van der Waals surface area contributed by atoms with Gasteiger partial charge in [0.05, 0.1) is 67.2 Å². The minimum absolute atomic E-state index is 0.0131. The van der Waals surface area contributed by atoms with Gasteiger partial charge in [0.1, 0.15) is 39.5 Å². The number of nitrogens with zero attached hydrogens (tertiary/aromatic N) is 17. The van der Waals surface area contributed by atoms with E-state index >= 15 is 4.39 Å². The molecule has 24 heteroatoms. The highest BCUT2D eigenvalue weighted by atomic mass is 32.1. The lowest BCUT2D eigenvalue weighted by Gasteiger charge is -2.49. The Hall–Kier alpha value is -8.18. The van der Waals surface area contributed by atoms with Gasteiger partial charge >= 0.3 is 0 Å². The lowest BCUT2D eigenvalue weighted by Crippen LogP contribution is -2.61. The zero-order valence-corrected chi connectivity index (χ0v) is 61.7. The Kier molecular flexibility index (Phi) is 17.1. The van der Waals surface area contributed by atoms with Crippen molar-refractivity contribution in [3.63, 3.8) is 0 Å². The molecule has 13 heterocycles. The van der Waals surface area contributed by atoms with Crippen molar-refractivity contribution in [1.29, 1.82) is 5.26 Å². The topological polar surface area (TPSA) is 212 Å². The second kappa shape index (κ2) is 24.7. The second-order valence-electron chi connectivity index (χ2n) is 31.2. The number of rotatable bonds is 9. The predicted molar refractivity (Wildman–Crippen MR) is 395 cm³/mol. The monoisotopic (exact) mass is 1360 g/mol. The van der Waals surface area contributed by atoms with E-state index in [1.54, 1.807) is 33.4 Å². The molecule has 506 valence electrons. The minimum Gasteiger partial charge on any atom is -0.348 e. The number of pyridine rings is 2. The van der Waals surface area contributed by atoms with Crippen LogP contribution in [0.1, 0.15) is 144 Å². The number of hydrogen-bond donors (Lipinski definition) is 3. The molecule has 0 atom stereocenters. The molecule has 10 aromatic heterocycles. The van der Waals surface area contributed by atoms with Crippen LogP contribution in [0, 0.1) is 37.9 Å². The number of imidazole rings is 2. The van der Waals surface area contributed by atoms with E-state index in [-0.39, 0.29) is 39.1 Å². The van der Waals surface area contributed by atoms with Crippen molar-refractivity contribution < 1.29 is 4.39 Å². The van der Waals surface area contributed by atoms with E-state index < -0.39 is 0 Å². The molecule has 15 rings (SSSR count). The summed E-state index contributed by atoms with van der Waals surface area (Å²) in [4.78, 5) is 39.7. The lowest BCUT2D eigenvalue weighted by molar-refractivity contribution is 0.160. The summed E-state index contributed by atoms with van der Waals surface area (Å²) in [5.74, 6) is -0.348. The van der Waals surface area contributed by atoms with Gasteiger partial charge in [-0.05, 0) is 214 Å². The summed E-state index contributed by atoms with van der Waals surface area (Å²) in [6, 6.07) is 20.8. The molecule has 2 aromatic carbocycles. The average Bonchev–Trinajstić information content (AvgIpc) is 1.61. The normalized spacial score (nSPS) is 18.3. The van der Waals surface area contributed by atoms with Gasteiger partial charge < -0.3 is 30.7 Å². The highest BCUT2D eigenvalue weighted by Crippen LogP contribution is 2.42. The SMILES string of the molecule is CN(c1nc2c(F)cc(-c3cc(C#N)c4nn(C)cc4c3)cc2s1)C1CC(C)(C)NC(C)(C)C1.Cc1cn2nc(-c3cc4sc(N(C)C5CC(C)(C)NC(C)(C)C5)nc4cn3)cc(C)c2n1.Cc1cn2nc(-c3cc4sc(N(C)C5CC(C)(C)NC(C)(C)C5)nc4cn3)ccc2n1. The van der Waals surface area contributed by atoms with Gasteiger partial charge in [-0.2, -0.15) is 20.6 Å². The number of piperidine rings is 3. The molecule has 0 radical (unpaired) electrons. The van der Waals surface area contributed by atoms with Crippen LogP contribution >= 0.6 is 34.0 Å². The molecule has 3 N–H and O–H groups in total. The molecule has 20 nitrogen and oxygen atoms in total. The number of aromatic nitrogens is 13. The van der Waals surface area contributed by atoms with Crippen molar-refractivity contribution in [2.75, 3.05) is 35.8 Å². The Labute approximate surface area is 578 Å². The number of nitriles is 1. The van der Waals surface area contributed by atoms with Crippen molar-refractivity contribution in [3.05, 3.63) is 114 Å². The summed E-state index contributed by atoms with van der Waals surface area (Å²) in [5.41, 5.74) is 13.5. The molecule has 0 aliphatic carbocycles. The molecule has 0 bridgehead atoms. The Morgan fingerprint density at radius 2 is 0.969 bits per heavy atom. The van der Waals surface area contributed by atoms with Crippen molar-refractivity contribution in [2.45, 2.75) is 194 Å². The number of thiazole rings is 3. The summed E-state index contributed by atoms with van der Waals surface area (Å²) >= 11 is 4.96. The number of aryl methyl sites for hydroxylation is 4. The largest absolute Gasteiger partial charge is 0.348 e. The van der Waals surface area contributed by atoms with Crippen LogP contribution in [0.5, 0.6) is 0 Å². The van der Waals surface area contributed by atoms with Crippen LogP contribution in [0.2, 0.25) is 0 Å². The predicted octanol–water partition coefficient (Wildman–Crippen LogP) is 14.8. The maximum absolute atomic E-state index is 15.2. The zero-order chi connectivity index (χ0) is 69.2. The highest BCUT2D eigenvalue weighted by Gasteiger charge is 2.43. The first-order valence-corrected chi connectivity index (χ1v) is 35.7. The van der Waals surface area contributed by atoms with Gasteiger partial charge in [-0.25, -0.2) is 38.3 Å². The van der Waals surface area contributed by atoms with Gasteiger partial charge in [0.25, 0.3) is 0 Å². The summed E-state index contributed by atoms with van der Waals surface area (Å²) in [6.07, 6.45) is 15.8. The van der Waals surface area contributed by atoms with E-state index in [2.05, 4.69) is 201 Å². The molecule has 12 aromatic rings. The van der Waals surface area contributed by atoms with Crippen molar-refractivity contribution >= 4 is 102 Å². The Morgan fingerprint density at radius 1 is 0.505 bits per heavy atom. The van der Waals surface area contributed by atoms with Crippen LogP contribution < -0.4 is 30.7 Å². The van der Waals surface area contributed by atoms with Crippen LogP contribution in [0.25, 0.3) is 86.7 Å². The maximum Gasteiger partial charge on any atom is 0.186 e. The molecular weight excluding hydrogens is 1270 g/mol. The number of nitrogens with one attached hydrogen (secondary N) is 3. The zero-order valence-electron chi connectivity index (χ0n) is 59.3. The number of benzene rings is 2. The number of anilines is 3. The molecule has 0 amide bonds. The summed E-state index contributed by atoms with van der Waals surface area (Å²) in [7, 11) is 8.24. The number of hydrogen-bond acceptors (Lipinski definition) is 20. The lowest BCUT2D eigenvalue weighted by atomic mass is 9.79. The third-order valence-electron chi connectivity index (χ3n) is 18.9. The molecule has 0 spiro atoms. The number of halogens is 1. The maximum atomic E-state index is 15.2. The van der Waals surface area contributed by atoms with Gasteiger partial charge in [-0.3, -0.25) is 14.6 Å². The molecule has 97 heavy (non-hydrogen) atoms. The quantitative estimate of drug-likeness (QED) is 0.123. The van der Waals surface area contributed by atoms with Crippen molar-refractivity contribution in [3.8, 4) is 40.0 Å². The van der Waals surface area contributed by atoms with Gasteiger partial charge in [-0.15, -0.1) is 0 Å². The minimum atomic E-state index is -0.348. The Balaban J connectivity index is 0.000000131. The summed E-state index contributed by atoms with van der Waals surface area (Å²) in [6.45, 7) is 33.2. The fourth-order valence-electron chi connectivity index (χ4n) is 15.6. The van der Waals surface area contributed by atoms with E-state index in [1.165, 1.54) is 17.4 Å². The van der Waals surface area contributed by atoms with Gasteiger partial charge in [0.15, 0.2) is 32.5 Å². The Bertz CT molecular complexity index is 4990.